The summed E-state index contributed by atoms with van der Waals surface area (Å²) in [5.41, 5.74) is 0. The fourth-order valence-electron chi connectivity index (χ4n) is 2.01. The van der Waals surface area contributed by atoms with Gasteiger partial charge in [-0.1, -0.05) is 26.2 Å². The van der Waals surface area contributed by atoms with Crippen molar-refractivity contribution in [2.24, 2.45) is 0 Å². The molecule has 0 spiro atoms. The van der Waals surface area contributed by atoms with Gasteiger partial charge in [-0.3, -0.25) is 0 Å². The second-order valence-corrected chi connectivity index (χ2v) is 6.45. The van der Waals surface area contributed by atoms with E-state index in [9.17, 15) is 13.5 Å². The van der Waals surface area contributed by atoms with Gasteiger partial charge in [-0.15, -0.1) is 0 Å². The molecule has 1 aliphatic rings. The largest absolute Gasteiger partial charge is 0.392 e. The Labute approximate surface area is 86.4 Å². The summed E-state index contributed by atoms with van der Waals surface area (Å²) in [6.07, 6.45) is 4.25. The summed E-state index contributed by atoms with van der Waals surface area (Å²) in [4.78, 5) is 0. The van der Waals surface area contributed by atoms with E-state index in [0.29, 0.717) is 12.8 Å². The molecule has 1 N–H and O–H groups in total. The number of rotatable bonds is 4. The highest BCUT2D eigenvalue weighted by Gasteiger charge is 2.33. The normalized spacial score (nSPS) is 28.6. The lowest BCUT2D eigenvalue weighted by atomic mass is 10.0. The highest BCUT2D eigenvalue weighted by molar-refractivity contribution is 7.92. The predicted octanol–water partition coefficient (Wildman–Crippen LogP) is 1.50. The Hall–Kier alpha value is -0.0900. The zero-order valence-corrected chi connectivity index (χ0v) is 9.59. The molecule has 4 heteroatoms. The molecule has 2 unspecified atom stereocenters. The Morgan fingerprint density at radius 2 is 2.14 bits per heavy atom. The maximum Gasteiger partial charge on any atom is 0.155 e. The fraction of sp³-hybridized carbons (Fsp3) is 1.00. The van der Waals surface area contributed by atoms with Crippen LogP contribution in [0.15, 0.2) is 0 Å². The van der Waals surface area contributed by atoms with Crippen LogP contribution in [-0.4, -0.2) is 30.6 Å². The van der Waals surface area contributed by atoms with Crippen LogP contribution in [0.3, 0.4) is 0 Å². The molecule has 84 valence electrons. The Morgan fingerprint density at radius 1 is 1.43 bits per heavy atom. The third-order valence-corrected chi connectivity index (χ3v) is 5.24. The Balaban J connectivity index is 2.56. The van der Waals surface area contributed by atoms with Crippen molar-refractivity contribution in [2.75, 3.05) is 5.75 Å². The van der Waals surface area contributed by atoms with E-state index in [1.54, 1.807) is 0 Å². The van der Waals surface area contributed by atoms with Gasteiger partial charge in [0, 0.05) is 0 Å². The third-order valence-electron chi connectivity index (χ3n) is 2.91. The van der Waals surface area contributed by atoms with Crippen LogP contribution in [-0.2, 0) is 9.84 Å². The van der Waals surface area contributed by atoms with Crippen LogP contribution >= 0.6 is 0 Å². The first kappa shape index (κ1) is 12.0. The number of aliphatic hydroxyl groups is 1. The molecule has 1 saturated heterocycles. The van der Waals surface area contributed by atoms with Gasteiger partial charge < -0.3 is 5.11 Å². The van der Waals surface area contributed by atoms with E-state index in [4.69, 9.17) is 0 Å². The molecule has 0 aliphatic carbocycles. The molecule has 0 radical (unpaired) electrons. The average molecular weight is 220 g/mol. The van der Waals surface area contributed by atoms with E-state index >= 15 is 0 Å². The van der Waals surface area contributed by atoms with Gasteiger partial charge >= 0.3 is 0 Å². The smallest absolute Gasteiger partial charge is 0.155 e. The predicted molar refractivity (Wildman–Crippen MR) is 57.0 cm³/mol. The van der Waals surface area contributed by atoms with E-state index in [2.05, 4.69) is 0 Å². The lowest BCUT2D eigenvalue weighted by Crippen LogP contribution is -2.38. The topological polar surface area (TPSA) is 54.4 Å². The van der Waals surface area contributed by atoms with Crippen molar-refractivity contribution in [1.29, 1.82) is 0 Å². The lowest BCUT2D eigenvalue weighted by molar-refractivity contribution is 0.149. The Morgan fingerprint density at radius 3 is 2.71 bits per heavy atom. The summed E-state index contributed by atoms with van der Waals surface area (Å²) < 4.78 is 23.3. The minimum atomic E-state index is -3.00. The van der Waals surface area contributed by atoms with Gasteiger partial charge in [-0.05, 0) is 19.3 Å². The first-order valence-corrected chi connectivity index (χ1v) is 7.19. The zero-order chi connectivity index (χ0) is 10.6. The molecule has 0 aromatic rings. The number of sulfone groups is 1. The minimum Gasteiger partial charge on any atom is -0.392 e. The standard InChI is InChI=1S/C10H20O3S/c1-2-3-6-9(11)10-7-4-5-8-14(10,12)13/h9-11H,2-8H2,1H3. The van der Waals surface area contributed by atoms with Crippen LogP contribution in [0.1, 0.15) is 45.4 Å². The molecule has 0 aromatic carbocycles. The molecule has 0 bridgehead atoms. The highest BCUT2D eigenvalue weighted by atomic mass is 32.2. The Bertz CT molecular complexity index is 259. The molecule has 3 nitrogen and oxygen atoms in total. The van der Waals surface area contributed by atoms with Crippen molar-refractivity contribution in [2.45, 2.75) is 56.8 Å². The van der Waals surface area contributed by atoms with E-state index < -0.39 is 21.2 Å². The maximum absolute atomic E-state index is 11.6. The number of aliphatic hydroxyl groups excluding tert-OH is 1. The highest BCUT2D eigenvalue weighted by Crippen LogP contribution is 2.24. The molecule has 0 saturated carbocycles. The summed E-state index contributed by atoms with van der Waals surface area (Å²) >= 11 is 0. The first-order valence-electron chi connectivity index (χ1n) is 5.47. The van der Waals surface area contributed by atoms with Gasteiger partial charge in [-0.25, -0.2) is 8.42 Å². The van der Waals surface area contributed by atoms with Crippen molar-refractivity contribution in [3.05, 3.63) is 0 Å². The summed E-state index contributed by atoms with van der Waals surface area (Å²) in [5, 5.41) is 9.28. The van der Waals surface area contributed by atoms with Crippen LogP contribution in [0.2, 0.25) is 0 Å². The average Bonchev–Trinajstić information content (AvgIpc) is 2.13. The molecule has 1 aliphatic heterocycles. The number of unbranched alkanes of at least 4 members (excludes halogenated alkanes) is 1. The van der Waals surface area contributed by atoms with Gasteiger partial charge in [0.1, 0.15) is 0 Å². The van der Waals surface area contributed by atoms with Gasteiger partial charge in [-0.2, -0.15) is 0 Å². The van der Waals surface area contributed by atoms with E-state index in [1.807, 2.05) is 6.92 Å². The van der Waals surface area contributed by atoms with Crippen molar-refractivity contribution < 1.29 is 13.5 Å². The lowest BCUT2D eigenvalue weighted by Gasteiger charge is -2.26. The molecular formula is C10H20O3S. The van der Waals surface area contributed by atoms with Gasteiger partial charge in [0.25, 0.3) is 0 Å². The van der Waals surface area contributed by atoms with E-state index in [1.165, 1.54) is 0 Å². The molecule has 2 atom stereocenters. The molecule has 0 amide bonds. The summed E-state index contributed by atoms with van der Waals surface area (Å²) in [6.45, 7) is 2.04. The van der Waals surface area contributed by atoms with Crippen molar-refractivity contribution in [3.8, 4) is 0 Å². The van der Waals surface area contributed by atoms with Crippen molar-refractivity contribution in [1.82, 2.24) is 0 Å². The van der Waals surface area contributed by atoms with Gasteiger partial charge in [0.05, 0.1) is 17.1 Å². The van der Waals surface area contributed by atoms with Crippen LogP contribution in [0.25, 0.3) is 0 Å². The van der Waals surface area contributed by atoms with Crippen LogP contribution < -0.4 is 0 Å². The zero-order valence-electron chi connectivity index (χ0n) is 8.78. The SMILES string of the molecule is CCCCC(O)C1CCCCS1(=O)=O. The molecule has 14 heavy (non-hydrogen) atoms. The van der Waals surface area contributed by atoms with Crippen molar-refractivity contribution >= 4 is 9.84 Å². The van der Waals surface area contributed by atoms with Crippen LogP contribution in [0.4, 0.5) is 0 Å². The Kier molecular flexibility index (Phi) is 4.38. The monoisotopic (exact) mass is 220 g/mol. The number of hydrogen-bond acceptors (Lipinski definition) is 3. The molecule has 1 fully saturated rings. The third kappa shape index (κ3) is 2.95. The molecule has 1 rings (SSSR count). The summed E-state index contributed by atoms with van der Waals surface area (Å²) in [6, 6.07) is 0. The van der Waals surface area contributed by atoms with E-state index in [0.717, 1.165) is 25.7 Å². The molecule has 1 heterocycles. The quantitative estimate of drug-likeness (QED) is 0.781. The second-order valence-electron chi connectivity index (χ2n) is 4.11. The number of hydrogen-bond donors (Lipinski definition) is 1. The second kappa shape index (κ2) is 5.12. The van der Waals surface area contributed by atoms with E-state index in [-0.39, 0.29) is 5.75 Å². The summed E-state index contributed by atoms with van der Waals surface area (Å²) in [5.74, 6) is 0.265. The van der Waals surface area contributed by atoms with Crippen LogP contribution in [0.5, 0.6) is 0 Å². The van der Waals surface area contributed by atoms with Crippen molar-refractivity contribution in [3.63, 3.8) is 0 Å². The molecule has 0 aromatic heterocycles. The van der Waals surface area contributed by atoms with Crippen LogP contribution in [0, 0.1) is 0 Å². The summed E-state index contributed by atoms with van der Waals surface area (Å²) in [7, 11) is -3.00. The minimum absolute atomic E-state index is 0.265. The molecular weight excluding hydrogens is 200 g/mol. The maximum atomic E-state index is 11.6. The van der Waals surface area contributed by atoms with Gasteiger partial charge in [0.15, 0.2) is 9.84 Å². The first-order chi connectivity index (χ1) is 6.58. The van der Waals surface area contributed by atoms with Gasteiger partial charge in [0.2, 0.25) is 0 Å². The fourth-order valence-corrected chi connectivity index (χ4v) is 4.06.